The van der Waals surface area contributed by atoms with Crippen LogP contribution < -0.4 is 11.1 Å². The standard InChI is InChI=1S/C14H20N2O3/c1-10-2-3-11(15)8-12(10)13(17)16-9-14(18)4-6-19-7-5-14/h2-3,8,18H,4-7,9,15H2,1H3,(H,16,17). The molecule has 5 heteroatoms. The zero-order valence-corrected chi connectivity index (χ0v) is 11.1. The highest BCUT2D eigenvalue weighted by atomic mass is 16.5. The molecule has 1 aliphatic rings. The van der Waals surface area contributed by atoms with Crippen molar-refractivity contribution >= 4 is 11.6 Å². The topological polar surface area (TPSA) is 84.6 Å². The summed E-state index contributed by atoms with van der Waals surface area (Å²) in [5, 5.41) is 13.0. The number of amides is 1. The number of benzene rings is 1. The van der Waals surface area contributed by atoms with Crippen LogP contribution in [0.3, 0.4) is 0 Å². The van der Waals surface area contributed by atoms with Crippen molar-refractivity contribution in [2.24, 2.45) is 0 Å². The van der Waals surface area contributed by atoms with E-state index in [4.69, 9.17) is 10.5 Å². The number of ether oxygens (including phenoxy) is 1. The Morgan fingerprint density at radius 3 is 2.84 bits per heavy atom. The molecule has 1 aromatic carbocycles. The largest absolute Gasteiger partial charge is 0.399 e. The maximum atomic E-state index is 12.1. The molecule has 0 aromatic heterocycles. The molecule has 0 saturated carbocycles. The number of carbonyl (C=O) groups excluding carboxylic acids is 1. The monoisotopic (exact) mass is 264 g/mol. The highest BCUT2D eigenvalue weighted by Gasteiger charge is 2.30. The number of carbonyl (C=O) groups is 1. The number of aryl methyl sites for hydroxylation is 1. The van der Waals surface area contributed by atoms with Gasteiger partial charge in [-0.1, -0.05) is 6.07 Å². The second-order valence-electron chi connectivity index (χ2n) is 5.09. The molecular formula is C14H20N2O3. The summed E-state index contributed by atoms with van der Waals surface area (Å²) in [5.74, 6) is -0.204. The van der Waals surface area contributed by atoms with Crippen molar-refractivity contribution in [3.63, 3.8) is 0 Å². The highest BCUT2D eigenvalue weighted by Crippen LogP contribution is 2.20. The minimum atomic E-state index is -0.859. The van der Waals surface area contributed by atoms with Crippen molar-refractivity contribution in [1.82, 2.24) is 5.32 Å². The van der Waals surface area contributed by atoms with E-state index in [0.717, 1.165) is 5.56 Å². The number of nitrogens with one attached hydrogen (secondary N) is 1. The molecular weight excluding hydrogens is 244 g/mol. The van der Waals surface area contributed by atoms with Gasteiger partial charge < -0.3 is 20.9 Å². The van der Waals surface area contributed by atoms with Crippen molar-refractivity contribution in [2.75, 3.05) is 25.5 Å². The summed E-state index contributed by atoms with van der Waals surface area (Å²) in [6.45, 7) is 3.16. The van der Waals surface area contributed by atoms with Gasteiger partial charge in [0.05, 0.1) is 5.60 Å². The van der Waals surface area contributed by atoms with Gasteiger partial charge in [0.15, 0.2) is 0 Å². The van der Waals surface area contributed by atoms with E-state index in [-0.39, 0.29) is 12.5 Å². The lowest BCUT2D eigenvalue weighted by Gasteiger charge is -2.32. The molecule has 0 aliphatic carbocycles. The lowest BCUT2D eigenvalue weighted by atomic mass is 9.94. The SMILES string of the molecule is Cc1ccc(N)cc1C(=O)NCC1(O)CCOCC1. The average Bonchev–Trinajstić information content (AvgIpc) is 2.40. The molecule has 1 amide bonds. The molecule has 0 spiro atoms. The van der Waals surface area contributed by atoms with E-state index in [1.165, 1.54) is 0 Å². The normalized spacial score (nSPS) is 18.0. The van der Waals surface area contributed by atoms with Crippen LogP contribution in [0.5, 0.6) is 0 Å². The molecule has 2 rings (SSSR count). The first-order chi connectivity index (χ1) is 9.00. The quantitative estimate of drug-likeness (QED) is 0.707. The van der Waals surface area contributed by atoms with Crippen molar-refractivity contribution < 1.29 is 14.6 Å². The maximum Gasteiger partial charge on any atom is 0.251 e. The van der Waals surface area contributed by atoms with Crippen LogP contribution >= 0.6 is 0 Å². The van der Waals surface area contributed by atoms with Crippen molar-refractivity contribution in [3.05, 3.63) is 29.3 Å². The summed E-state index contributed by atoms with van der Waals surface area (Å²) in [7, 11) is 0. The number of aliphatic hydroxyl groups is 1. The van der Waals surface area contributed by atoms with Gasteiger partial charge in [-0.2, -0.15) is 0 Å². The van der Waals surface area contributed by atoms with Gasteiger partial charge in [-0.3, -0.25) is 4.79 Å². The van der Waals surface area contributed by atoms with E-state index < -0.39 is 5.60 Å². The predicted molar refractivity (Wildman–Crippen MR) is 72.9 cm³/mol. The van der Waals surface area contributed by atoms with Crippen LogP contribution in [0.15, 0.2) is 18.2 Å². The summed E-state index contributed by atoms with van der Waals surface area (Å²) in [5.41, 5.74) is 6.80. The maximum absolute atomic E-state index is 12.1. The minimum Gasteiger partial charge on any atom is -0.399 e. The Bertz CT molecular complexity index is 468. The molecule has 1 fully saturated rings. The summed E-state index contributed by atoms with van der Waals surface area (Å²) < 4.78 is 5.20. The summed E-state index contributed by atoms with van der Waals surface area (Å²) in [6.07, 6.45) is 1.09. The van der Waals surface area contributed by atoms with Crippen molar-refractivity contribution in [3.8, 4) is 0 Å². The van der Waals surface area contributed by atoms with E-state index in [1.54, 1.807) is 12.1 Å². The van der Waals surface area contributed by atoms with Crippen LogP contribution in [0.4, 0.5) is 5.69 Å². The average molecular weight is 264 g/mol. The summed E-state index contributed by atoms with van der Waals surface area (Å²) in [4.78, 5) is 12.1. The molecule has 104 valence electrons. The molecule has 1 aromatic rings. The molecule has 1 aliphatic heterocycles. The Balaban J connectivity index is 1.99. The molecule has 1 heterocycles. The van der Waals surface area contributed by atoms with Crippen LogP contribution in [-0.4, -0.2) is 36.4 Å². The molecule has 19 heavy (non-hydrogen) atoms. The van der Waals surface area contributed by atoms with Gasteiger partial charge in [-0.05, 0) is 24.6 Å². The number of hydrogen-bond donors (Lipinski definition) is 3. The van der Waals surface area contributed by atoms with E-state index in [0.29, 0.717) is 37.3 Å². The highest BCUT2D eigenvalue weighted by molar-refractivity contribution is 5.96. The third-order valence-corrected chi connectivity index (χ3v) is 3.51. The van der Waals surface area contributed by atoms with Crippen LogP contribution in [0.1, 0.15) is 28.8 Å². The van der Waals surface area contributed by atoms with Gasteiger partial charge in [0.25, 0.3) is 5.91 Å². The minimum absolute atomic E-state index is 0.204. The van der Waals surface area contributed by atoms with Gasteiger partial charge in [-0.15, -0.1) is 0 Å². The van der Waals surface area contributed by atoms with Crippen molar-refractivity contribution in [2.45, 2.75) is 25.4 Å². The van der Waals surface area contributed by atoms with Crippen LogP contribution in [0.2, 0.25) is 0 Å². The van der Waals surface area contributed by atoms with Gasteiger partial charge in [0.2, 0.25) is 0 Å². The number of anilines is 1. The Kier molecular flexibility index (Phi) is 4.07. The fraction of sp³-hybridized carbons (Fsp3) is 0.500. The predicted octanol–water partition coefficient (Wildman–Crippen LogP) is 0.849. The fourth-order valence-corrected chi connectivity index (χ4v) is 2.15. The molecule has 5 nitrogen and oxygen atoms in total. The number of hydrogen-bond acceptors (Lipinski definition) is 4. The number of rotatable bonds is 3. The zero-order valence-electron chi connectivity index (χ0n) is 11.1. The van der Waals surface area contributed by atoms with E-state index >= 15 is 0 Å². The van der Waals surface area contributed by atoms with Gasteiger partial charge >= 0.3 is 0 Å². The van der Waals surface area contributed by atoms with E-state index in [9.17, 15) is 9.90 Å². The Labute approximate surface area is 112 Å². The summed E-state index contributed by atoms with van der Waals surface area (Å²) in [6, 6.07) is 5.23. The van der Waals surface area contributed by atoms with Crippen LogP contribution in [0.25, 0.3) is 0 Å². The number of nitrogens with two attached hydrogens (primary N) is 1. The van der Waals surface area contributed by atoms with Gasteiger partial charge in [-0.25, -0.2) is 0 Å². The Morgan fingerprint density at radius 2 is 2.16 bits per heavy atom. The lowest BCUT2D eigenvalue weighted by molar-refractivity contribution is -0.0605. The smallest absolute Gasteiger partial charge is 0.251 e. The molecule has 0 atom stereocenters. The molecule has 0 unspecified atom stereocenters. The first kappa shape index (κ1) is 13.8. The first-order valence-corrected chi connectivity index (χ1v) is 6.45. The number of nitrogen functional groups attached to an aromatic ring is 1. The zero-order chi connectivity index (χ0) is 13.9. The van der Waals surface area contributed by atoms with E-state index in [2.05, 4.69) is 5.32 Å². The van der Waals surface area contributed by atoms with Gasteiger partial charge in [0, 0.05) is 43.9 Å². The van der Waals surface area contributed by atoms with Crippen LogP contribution in [0, 0.1) is 6.92 Å². The molecule has 1 saturated heterocycles. The van der Waals surface area contributed by atoms with Crippen molar-refractivity contribution in [1.29, 1.82) is 0 Å². The lowest BCUT2D eigenvalue weighted by Crippen LogP contribution is -2.46. The third kappa shape index (κ3) is 3.45. The molecule has 4 N–H and O–H groups in total. The molecule has 0 radical (unpaired) electrons. The van der Waals surface area contributed by atoms with Crippen LogP contribution in [-0.2, 0) is 4.74 Å². The second-order valence-corrected chi connectivity index (χ2v) is 5.09. The molecule has 0 bridgehead atoms. The Morgan fingerprint density at radius 1 is 1.47 bits per heavy atom. The Hall–Kier alpha value is -1.59. The first-order valence-electron chi connectivity index (χ1n) is 6.45. The second kappa shape index (κ2) is 5.59. The van der Waals surface area contributed by atoms with Gasteiger partial charge in [0.1, 0.15) is 0 Å². The fourth-order valence-electron chi connectivity index (χ4n) is 2.15. The van der Waals surface area contributed by atoms with E-state index in [1.807, 2.05) is 13.0 Å². The third-order valence-electron chi connectivity index (χ3n) is 3.51. The summed E-state index contributed by atoms with van der Waals surface area (Å²) >= 11 is 0.